The van der Waals surface area contributed by atoms with E-state index in [1.807, 2.05) is 42.5 Å². The van der Waals surface area contributed by atoms with Gasteiger partial charge in [-0.1, -0.05) is 68.7 Å². The summed E-state index contributed by atoms with van der Waals surface area (Å²) in [4.78, 5) is 26.3. The molecule has 0 aliphatic heterocycles. The van der Waals surface area contributed by atoms with Crippen molar-refractivity contribution in [1.29, 1.82) is 0 Å². The molecule has 0 heterocycles. The van der Waals surface area contributed by atoms with Gasteiger partial charge >= 0.3 is 0 Å². The number of aliphatic hydroxyl groups is 1. The van der Waals surface area contributed by atoms with Gasteiger partial charge in [0, 0.05) is 38.0 Å². The average molecular weight is 569 g/mol. The molecular formula is C27H41ClN4O5S. The highest BCUT2D eigenvalue weighted by molar-refractivity contribution is 7.88. The van der Waals surface area contributed by atoms with E-state index in [0.717, 1.165) is 48.4 Å². The maximum Gasteiger partial charge on any atom is 0.243 e. The number of nitrogens with zero attached hydrogens (tertiary/aromatic N) is 1. The number of hydrogen-bond donors (Lipinski definition) is 4. The van der Waals surface area contributed by atoms with Crippen molar-refractivity contribution in [2.24, 2.45) is 11.7 Å². The Kier molecular flexibility index (Phi) is 12.4. The smallest absolute Gasteiger partial charge is 0.243 e. The van der Waals surface area contributed by atoms with Gasteiger partial charge in [-0.25, -0.2) is 8.42 Å². The van der Waals surface area contributed by atoms with Gasteiger partial charge in [-0.3, -0.25) is 9.59 Å². The van der Waals surface area contributed by atoms with Crippen molar-refractivity contribution < 1.29 is 23.1 Å². The Balaban J connectivity index is 0.00000507. The maximum atomic E-state index is 13.2. The number of fused-ring (bicyclic) bond motifs is 1. The second-order valence-corrected chi connectivity index (χ2v) is 12.0. The standard InChI is InChI=1S/C27H40N4O5S.ClH/c1-19(18-31(37(2,35)36)23-10-4-3-5-11-23)26(33)30-25(27(34)29-17-24(32)16-28)15-20-12-13-21-8-6-7-9-22(21)14-20;/h6-9,12-14,19,23-25,32H,3-5,10-11,15-18,28H2,1-2H3,(H,29,34)(H,30,33);1H/t19?,24?,25-;/m1./s1. The number of halogens is 1. The lowest BCUT2D eigenvalue weighted by atomic mass is 9.95. The molecule has 0 saturated heterocycles. The summed E-state index contributed by atoms with van der Waals surface area (Å²) < 4.78 is 26.5. The molecule has 3 atom stereocenters. The van der Waals surface area contributed by atoms with Gasteiger partial charge in [-0.05, 0) is 29.2 Å². The number of sulfonamides is 1. The molecule has 212 valence electrons. The van der Waals surface area contributed by atoms with Crippen molar-refractivity contribution in [2.75, 3.05) is 25.9 Å². The van der Waals surface area contributed by atoms with Crippen LogP contribution in [-0.2, 0) is 26.0 Å². The van der Waals surface area contributed by atoms with Crippen molar-refractivity contribution in [3.05, 3.63) is 48.0 Å². The first-order chi connectivity index (χ1) is 17.6. The molecule has 0 spiro atoms. The Labute approximate surface area is 232 Å². The lowest BCUT2D eigenvalue weighted by Gasteiger charge is -2.34. The van der Waals surface area contributed by atoms with Gasteiger partial charge in [0.25, 0.3) is 0 Å². The zero-order valence-electron chi connectivity index (χ0n) is 22.1. The fourth-order valence-electron chi connectivity index (χ4n) is 4.83. The van der Waals surface area contributed by atoms with Crippen molar-refractivity contribution in [3.63, 3.8) is 0 Å². The molecule has 3 rings (SSSR count). The van der Waals surface area contributed by atoms with Crippen LogP contribution >= 0.6 is 12.4 Å². The summed E-state index contributed by atoms with van der Waals surface area (Å²) in [5.74, 6) is -1.49. The predicted molar refractivity (Wildman–Crippen MR) is 152 cm³/mol. The highest BCUT2D eigenvalue weighted by Gasteiger charge is 2.32. The Morgan fingerprint density at radius 3 is 2.37 bits per heavy atom. The molecule has 1 aliphatic carbocycles. The van der Waals surface area contributed by atoms with E-state index in [1.165, 1.54) is 10.6 Å². The predicted octanol–water partition coefficient (Wildman–Crippen LogP) is 1.96. The fraction of sp³-hybridized carbons (Fsp3) is 0.556. The molecule has 2 aromatic rings. The van der Waals surface area contributed by atoms with Crippen LogP contribution in [0.5, 0.6) is 0 Å². The van der Waals surface area contributed by atoms with Crippen LogP contribution < -0.4 is 16.4 Å². The summed E-state index contributed by atoms with van der Waals surface area (Å²) in [7, 11) is -3.49. The number of benzene rings is 2. The molecule has 1 saturated carbocycles. The zero-order valence-corrected chi connectivity index (χ0v) is 23.8. The maximum absolute atomic E-state index is 13.2. The lowest BCUT2D eigenvalue weighted by Crippen LogP contribution is -2.52. The van der Waals surface area contributed by atoms with Crippen LogP contribution in [0.3, 0.4) is 0 Å². The molecule has 5 N–H and O–H groups in total. The van der Waals surface area contributed by atoms with Crippen LogP contribution in [-0.4, -0.2) is 73.7 Å². The fourth-order valence-corrected chi connectivity index (χ4v) is 6.07. The molecule has 11 heteroatoms. The third kappa shape index (κ3) is 9.20. The lowest BCUT2D eigenvalue weighted by molar-refractivity contribution is -0.131. The SMILES string of the molecule is CC(CN(C1CCCCC1)S(C)(=O)=O)C(=O)N[C@H](Cc1ccc2ccccc2c1)C(=O)NCC(O)CN.Cl. The molecule has 1 fully saturated rings. The highest BCUT2D eigenvalue weighted by atomic mass is 35.5. The largest absolute Gasteiger partial charge is 0.390 e. The topological polar surface area (TPSA) is 142 Å². The molecule has 0 aromatic heterocycles. The summed E-state index contributed by atoms with van der Waals surface area (Å²) in [6.07, 6.45) is 5.15. The Morgan fingerprint density at radius 2 is 1.74 bits per heavy atom. The second-order valence-electron chi connectivity index (χ2n) is 10.1. The number of amides is 2. The highest BCUT2D eigenvalue weighted by Crippen LogP contribution is 2.25. The summed E-state index contributed by atoms with van der Waals surface area (Å²) >= 11 is 0. The van der Waals surface area contributed by atoms with E-state index in [1.54, 1.807) is 6.92 Å². The van der Waals surface area contributed by atoms with E-state index in [9.17, 15) is 23.1 Å². The van der Waals surface area contributed by atoms with Gasteiger partial charge in [0.1, 0.15) is 6.04 Å². The van der Waals surface area contributed by atoms with Gasteiger partial charge < -0.3 is 21.5 Å². The van der Waals surface area contributed by atoms with Gasteiger partial charge in [0.15, 0.2) is 0 Å². The molecule has 2 amide bonds. The minimum atomic E-state index is -3.49. The number of hydrogen-bond acceptors (Lipinski definition) is 6. The average Bonchev–Trinajstić information content (AvgIpc) is 2.89. The van der Waals surface area contributed by atoms with Crippen LogP contribution in [0.4, 0.5) is 0 Å². The van der Waals surface area contributed by atoms with E-state index in [0.29, 0.717) is 0 Å². The summed E-state index contributed by atoms with van der Waals surface area (Å²) in [5.41, 5.74) is 6.32. The van der Waals surface area contributed by atoms with Gasteiger partial charge in [0.05, 0.1) is 12.4 Å². The first-order valence-electron chi connectivity index (χ1n) is 13.0. The van der Waals surface area contributed by atoms with Crippen LogP contribution in [0.15, 0.2) is 42.5 Å². The Morgan fingerprint density at radius 1 is 1.08 bits per heavy atom. The third-order valence-corrected chi connectivity index (χ3v) is 8.28. The first kappa shape index (κ1) is 32.0. The van der Waals surface area contributed by atoms with Crippen LogP contribution in [0, 0.1) is 5.92 Å². The van der Waals surface area contributed by atoms with Crippen molar-refractivity contribution in [1.82, 2.24) is 14.9 Å². The van der Waals surface area contributed by atoms with Crippen molar-refractivity contribution in [3.8, 4) is 0 Å². The molecule has 0 bridgehead atoms. The van der Waals surface area contributed by atoms with Crippen molar-refractivity contribution >= 4 is 45.0 Å². The monoisotopic (exact) mass is 568 g/mol. The molecule has 9 nitrogen and oxygen atoms in total. The van der Waals surface area contributed by atoms with E-state index in [-0.39, 0.29) is 44.5 Å². The summed E-state index contributed by atoms with van der Waals surface area (Å²) in [6, 6.07) is 12.7. The summed E-state index contributed by atoms with van der Waals surface area (Å²) in [6.45, 7) is 1.71. The molecule has 2 aromatic carbocycles. The number of carbonyl (C=O) groups excluding carboxylic acids is 2. The zero-order chi connectivity index (χ0) is 27.0. The number of rotatable bonds is 12. The quantitative estimate of drug-likeness (QED) is 0.308. The van der Waals surface area contributed by atoms with E-state index in [2.05, 4.69) is 10.6 Å². The van der Waals surface area contributed by atoms with E-state index in [4.69, 9.17) is 5.73 Å². The van der Waals surface area contributed by atoms with Crippen LogP contribution in [0.25, 0.3) is 10.8 Å². The first-order valence-corrected chi connectivity index (χ1v) is 14.8. The number of carbonyl (C=O) groups is 2. The third-order valence-electron chi connectivity index (χ3n) is 6.98. The van der Waals surface area contributed by atoms with Gasteiger partial charge in [0.2, 0.25) is 21.8 Å². The van der Waals surface area contributed by atoms with E-state index < -0.39 is 39.9 Å². The minimum absolute atomic E-state index is 0. The van der Waals surface area contributed by atoms with Gasteiger partial charge in [-0.2, -0.15) is 4.31 Å². The molecular weight excluding hydrogens is 528 g/mol. The number of nitrogens with two attached hydrogens (primary N) is 1. The minimum Gasteiger partial charge on any atom is -0.390 e. The normalized spacial score (nSPS) is 16.9. The van der Waals surface area contributed by atoms with E-state index >= 15 is 0 Å². The molecule has 1 aliphatic rings. The van der Waals surface area contributed by atoms with Crippen molar-refractivity contribution in [2.45, 2.75) is 63.6 Å². The van der Waals surface area contributed by atoms with Gasteiger partial charge in [-0.15, -0.1) is 12.4 Å². The Hall–Kier alpha value is -2.24. The Bertz CT molecular complexity index is 1170. The second kappa shape index (κ2) is 14.8. The molecule has 0 radical (unpaired) electrons. The number of aliphatic hydroxyl groups excluding tert-OH is 1. The molecule has 38 heavy (non-hydrogen) atoms. The molecule has 2 unspecified atom stereocenters. The summed E-state index contributed by atoms with van der Waals surface area (Å²) in [5, 5.41) is 17.4. The number of nitrogens with one attached hydrogen (secondary N) is 2. The van der Waals surface area contributed by atoms with Crippen LogP contribution in [0.2, 0.25) is 0 Å². The van der Waals surface area contributed by atoms with Crippen LogP contribution in [0.1, 0.15) is 44.6 Å².